The second kappa shape index (κ2) is 5.48. The minimum atomic E-state index is 0.0570. The number of aliphatic imine (C=N–C) groups is 1. The lowest BCUT2D eigenvalue weighted by molar-refractivity contribution is -0.120. The van der Waals surface area contributed by atoms with Crippen LogP contribution in [-0.2, 0) is 11.3 Å². The zero-order valence-corrected chi connectivity index (χ0v) is 10.0. The van der Waals surface area contributed by atoms with Gasteiger partial charge in [-0.15, -0.1) is 0 Å². The van der Waals surface area contributed by atoms with Crippen LogP contribution in [0, 0.1) is 0 Å². The zero-order chi connectivity index (χ0) is 12.1. The Bertz CT molecular complexity index is 414. The fraction of sp³-hybridized carbons (Fsp3) is 0.385. The molecular weight excluding hydrogens is 214 g/mol. The average Bonchev–Trinajstić information content (AvgIpc) is 2.37. The monoisotopic (exact) mass is 231 g/mol. The van der Waals surface area contributed by atoms with E-state index in [1.807, 2.05) is 18.2 Å². The van der Waals surface area contributed by atoms with Crippen molar-refractivity contribution in [3.05, 3.63) is 35.9 Å². The van der Waals surface area contributed by atoms with Crippen LogP contribution < -0.4 is 5.32 Å². The van der Waals surface area contributed by atoms with E-state index in [-0.39, 0.29) is 5.91 Å². The molecule has 0 radical (unpaired) electrons. The molecule has 1 aliphatic heterocycles. The van der Waals surface area contributed by atoms with Crippen LogP contribution in [0.5, 0.6) is 0 Å². The lowest BCUT2D eigenvalue weighted by Crippen LogP contribution is -2.46. The highest BCUT2D eigenvalue weighted by Gasteiger charge is 2.16. The third-order valence-electron chi connectivity index (χ3n) is 2.75. The third-order valence-corrected chi connectivity index (χ3v) is 2.75. The van der Waals surface area contributed by atoms with Gasteiger partial charge in [0, 0.05) is 19.5 Å². The van der Waals surface area contributed by atoms with Crippen LogP contribution in [0.2, 0.25) is 0 Å². The largest absolute Gasteiger partial charge is 0.339 e. The van der Waals surface area contributed by atoms with Crippen LogP contribution >= 0.6 is 0 Å². The van der Waals surface area contributed by atoms with Gasteiger partial charge in [-0.05, 0) is 12.5 Å². The maximum Gasteiger partial charge on any atom is 0.228 e. The average molecular weight is 231 g/mol. The molecule has 0 atom stereocenters. The Labute approximate surface area is 101 Å². The van der Waals surface area contributed by atoms with E-state index < -0.39 is 0 Å². The molecule has 2 rings (SSSR count). The van der Waals surface area contributed by atoms with Gasteiger partial charge >= 0.3 is 0 Å². The minimum Gasteiger partial charge on any atom is -0.339 e. The minimum absolute atomic E-state index is 0.0570. The molecule has 0 fully saturated rings. The number of carbonyl (C=O) groups is 1. The number of hydrogen-bond acceptors (Lipinski definition) is 3. The molecule has 1 N–H and O–H groups in total. The molecule has 0 bridgehead atoms. The summed E-state index contributed by atoms with van der Waals surface area (Å²) in [7, 11) is 0. The first kappa shape index (κ1) is 11.6. The molecule has 4 heteroatoms. The predicted molar refractivity (Wildman–Crippen MR) is 67.6 cm³/mol. The van der Waals surface area contributed by atoms with E-state index in [1.165, 1.54) is 5.56 Å². The summed E-state index contributed by atoms with van der Waals surface area (Å²) in [5.41, 5.74) is 1.22. The van der Waals surface area contributed by atoms with E-state index in [2.05, 4.69) is 34.3 Å². The van der Waals surface area contributed by atoms with Gasteiger partial charge in [0.05, 0.1) is 6.54 Å². The number of hydrogen-bond donors (Lipinski definition) is 1. The molecule has 1 amide bonds. The lowest BCUT2D eigenvalue weighted by Gasteiger charge is -2.26. The smallest absolute Gasteiger partial charge is 0.228 e. The Hall–Kier alpha value is -1.84. The summed E-state index contributed by atoms with van der Waals surface area (Å²) in [5.74, 6) is 0.758. The molecule has 1 aliphatic rings. The Kier molecular flexibility index (Phi) is 3.75. The maximum absolute atomic E-state index is 11.3. The molecule has 0 spiro atoms. The molecule has 1 aromatic carbocycles. The van der Waals surface area contributed by atoms with Crippen molar-refractivity contribution in [2.24, 2.45) is 4.99 Å². The predicted octanol–water partition coefficient (Wildman–Crippen LogP) is 1.38. The summed E-state index contributed by atoms with van der Waals surface area (Å²) in [4.78, 5) is 17.8. The second-order valence-electron chi connectivity index (χ2n) is 4.00. The molecule has 0 aliphatic carbocycles. The number of rotatable bonds is 3. The molecule has 4 nitrogen and oxygen atoms in total. The molecule has 1 heterocycles. The number of benzene rings is 1. The van der Waals surface area contributed by atoms with E-state index in [9.17, 15) is 4.79 Å². The Morgan fingerprint density at radius 2 is 2.12 bits per heavy atom. The van der Waals surface area contributed by atoms with Gasteiger partial charge in [0.15, 0.2) is 0 Å². The van der Waals surface area contributed by atoms with Crippen molar-refractivity contribution in [2.75, 3.05) is 13.1 Å². The van der Waals surface area contributed by atoms with Crippen LogP contribution in [0.25, 0.3) is 0 Å². The van der Waals surface area contributed by atoms with Crippen LogP contribution in [0.3, 0.4) is 0 Å². The highest BCUT2D eigenvalue weighted by molar-refractivity contribution is 5.98. The fourth-order valence-electron chi connectivity index (χ4n) is 1.81. The van der Waals surface area contributed by atoms with Crippen LogP contribution in [0.15, 0.2) is 35.3 Å². The van der Waals surface area contributed by atoms with Gasteiger partial charge in [-0.3, -0.25) is 15.1 Å². The normalized spacial score (nSPS) is 15.1. The third kappa shape index (κ3) is 3.06. The summed E-state index contributed by atoms with van der Waals surface area (Å²) in [5, 5.41) is 2.82. The first-order valence-electron chi connectivity index (χ1n) is 5.92. The molecule has 1 aromatic rings. The van der Waals surface area contributed by atoms with E-state index >= 15 is 0 Å². The van der Waals surface area contributed by atoms with Crippen LogP contribution in [-0.4, -0.2) is 29.9 Å². The van der Waals surface area contributed by atoms with Crippen molar-refractivity contribution in [1.29, 1.82) is 0 Å². The maximum atomic E-state index is 11.3. The van der Waals surface area contributed by atoms with Gasteiger partial charge in [0.1, 0.15) is 0 Å². The van der Waals surface area contributed by atoms with Crippen molar-refractivity contribution in [1.82, 2.24) is 10.2 Å². The van der Waals surface area contributed by atoms with E-state index in [0.717, 1.165) is 13.1 Å². The molecule has 0 unspecified atom stereocenters. The number of nitrogens with one attached hydrogen (secondary N) is 1. The Morgan fingerprint density at radius 1 is 1.35 bits per heavy atom. The Balaban J connectivity index is 2.06. The van der Waals surface area contributed by atoms with Crippen molar-refractivity contribution < 1.29 is 4.79 Å². The van der Waals surface area contributed by atoms with Gasteiger partial charge in [-0.1, -0.05) is 30.3 Å². The molecular formula is C13H17N3O. The number of carbonyl (C=O) groups excluding carboxylic acids is 1. The molecule has 0 aromatic heterocycles. The number of guanidine groups is 1. The van der Waals surface area contributed by atoms with Gasteiger partial charge in [0.25, 0.3) is 0 Å². The van der Waals surface area contributed by atoms with Crippen molar-refractivity contribution in [3.63, 3.8) is 0 Å². The van der Waals surface area contributed by atoms with E-state index in [0.29, 0.717) is 18.9 Å². The van der Waals surface area contributed by atoms with Crippen molar-refractivity contribution in [2.45, 2.75) is 19.9 Å². The summed E-state index contributed by atoms with van der Waals surface area (Å²) in [6.45, 7) is 4.25. The van der Waals surface area contributed by atoms with E-state index in [4.69, 9.17) is 0 Å². The van der Waals surface area contributed by atoms with Gasteiger partial charge in [-0.25, -0.2) is 0 Å². The fourth-order valence-corrected chi connectivity index (χ4v) is 1.81. The molecule has 17 heavy (non-hydrogen) atoms. The van der Waals surface area contributed by atoms with Crippen molar-refractivity contribution >= 4 is 11.9 Å². The first-order chi connectivity index (χ1) is 8.29. The van der Waals surface area contributed by atoms with Gasteiger partial charge < -0.3 is 4.90 Å². The molecule has 0 saturated heterocycles. The Morgan fingerprint density at radius 3 is 2.76 bits per heavy atom. The molecule has 90 valence electrons. The SMILES string of the molecule is CCN(Cc1ccccc1)C1=NCCC(=O)N1. The van der Waals surface area contributed by atoms with Gasteiger partial charge in [0.2, 0.25) is 11.9 Å². The highest BCUT2D eigenvalue weighted by Crippen LogP contribution is 2.06. The second-order valence-corrected chi connectivity index (χ2v) is 4.00. The first-order valence-corrected chi connectivity index (χ1v) is 5.92. The van der Waals surface area contributed by atoms with Crippen molar-refractivity contribution in [3.8, 4) is 0 Å². The quantitative estimate of drug-likeness (QED) is 0.854. The standard InChI is InChI=1S/C13H17N3O/c1-2-16(10-11-6-4-3-5-7-11)13-14-9-8-12(17)15-13/h3-7H,2,8-10H2,1H3,(H,14,15,17). The highest BCUT2D eigenvalue weighted by atomic mass is 16.1. The topological polar surface area (TPSA) is 44.7 Å². The summed E-state index contributed by atoms with van der Waals surface area (Å²) < 4.78 is 0. The van der Waals surface area contributed by atoms with Gasteiger partial charge in [-0.2, -0.15) is 0 Å². The number of amides is 1. The van der Waals surface area contributed by atoms with Crippen LogP contribution in [0.4, 0.5) is 0 Å². The summed E-state index contributed by atoms with van der Waals surface area (Å²) in [6.07, 6.45) is 0.492. The summed E-state index contributed by atoms with van der Waals surface area (Å²) in [6, 6.07) is 10.2. The molecule has 0 saturated carbocycles. The van der Waals surface area contributed by atoms with E-state index in [1.54, 1.807) is 0 Å². The summed E-state index contributed by atoms with van der Waals surface area (Å²) >= 11 is 0. The van der Waals surface area contributed by atoms with Crippen LogP contribution in [0.1, 0.15) is 18.9 Å². The number of nitrogens with zero attached hydrogens (tertiary/aromatic N) is 2. The lowest BCUT2D eigenvalue weighted by atomic mass is 10.2. The zero-order valence-electron chi connectivity index (χ0n) is 10.0.